The van der Waals surface area contributed by atoms with Crippen molar-refractivity contribution in [3.05, 3.63) is 60.3 Å². The van der Waals surface area contributed by atoms with Crippen LogP contribution in [-0.4, -0.2) is 27.6 Å². The number of nitrogens with zero attached hydrogens (tertiary/aromatic N) is 3. The summed E-state index contributed by atoms with van der Waals surface area (Å²) in [4.78, 5) is 16.8. The number of benzene rings is 2. The average molecular weight is 333 g/mol. The van der Waals surface area contributed by atoms with Crippen molar-refractivity contribution in [2.45, 2.75) is 0 Å². The summed E-state index contributed by atoms with van der Waals surface area (Å²) < 4.78 is 6.80. The Balaban J connectivity index is 1.83. The lowest BCUT2D eigenvalue weighted by atomic mass is 10.2. The van der Waals surface area contributed by atoms with E-state index in [-0.39, 0.29) is 17.5 Å². The Bertz CT molecular complexity index is 1090. The molecule has 4 aromatic rings. The molecule has 25 heavy (non-hydrogen) atoms. The molecule has 7 nitrogen and oxygen atoms in total. The topological polar surface area (TPSA) is 94.5 Å². The molecule has 0 saturated carbocycles. The summed E-state index contributed by atoms with van der Waals surface area (Å²) in [5, 5.41) is 7.90. The van der Waals surface area contributed by atoms with E-state index in [9.17, 15) is 4.79 Å². The van der Waals surface area contributed by atoms with Gasteiger partial charge in [-0.25, -0.2) is 4.98 Å². The number of ether oxygens (including phenoxy) is 1. The minimum atomic E-state index is -0.314. The summed E-state index contributed by atoms with van der Waals surface area (Å²) in [5.74, 6) is 0.485. The van der Waals surface area contributed by atoms with Gasteiger partial charge in [-0.2, -0.15) is 9.61 Å². The van der Waals surface area contributed by atoms with E-state index in [1.807, 2.05) is 48.5 Å². The van der Waals surface area contributed by atoms with Crippen molar-refractivity contribution in [3.8, 4) is 5.75 Å². The molecule has 7 heteroatoms. The number of nitrogens with one attached hydrogen (secondary N) is 1. The Kier molecular flexibility index (Phi) is 3.46. The fourth-order valence-electron chi connectivity index (χ4n) is 2.75. The van der Waals surface area contributed by atoms with Gasteiger partial charge in [0.2, 0.25) is 5.95 Å². The lowest BCUT2D eigenvalue weighted by Gasteiger charge is -2.07. The van der Waals surface area contributed by atoms with Crippen LogP contribution in [0.1, 0.15) is 10.5 Å². The van der Waals surface area contributed by atoms with Gasteiger partial charge in [0.05, 0.1) is 12.6 Å². The number of methoxy groups -OCH3 is 1. The quantitative estimate of drug-likeness (QED) is 0.601. The van der Waals surface area contributed by atoms with Crippen LogP contribution in [0.25, 0.3) is 16.4 Å². The number of aromatic nitrogens is 3. The van der Waals surface area contributed by atoms with Crippen LogP contribution in [-0.2, 0) is 0 Å². The number of para-hydroxylation sites is 2. The predicted octanol–water partition coefficient (Wildman–Crippen LogP) is 2.73. The second kappa shape index (κ2) is 5.79. The molecule has 2 aromatic carbocycles. The summed E-state index contributed by atoms with van der Waals surface area (Å²) in [5.41, 5.74) is 8.29. The van der Waals surface area contributed by atoms with Crippen LogP contribution >= 0.6 is 0 Å². The zero-order chi connectivity index (χ0) is 17.4. The largest absolute Gasteiger partial charge is 0.494 e. The lowest BCUT2D eigenvalue weighted by molar-refractivity contribution is 0.102. The molecular weight excluding hydrogens is 318 g/mol. The molecule has 0 saturated heterocycles. The van der Waals surface area contributed by atoms with E-state index in [1.54, 1.807) is 13.2 Å². The summed E-state index contributed by atoms with van der Waals surface area (Å²) in [6.07, 6.45) is 0. The van der Waals surface area contributed by atoms with Crippen LogP contribution in [0, 0.1) is 0 Å². The standard InChI is InChI=1S/C18H15N5O2/c1-25-15-9-5-8-12-14-10-13(22-23(14)18(19)21-16(12)15)17(24)20-11-6-3-2-4-7-11/h2-10H,1H3,(H2,19,21)(H,20,24). The van der Waals surface area contributed by atoms with Gasteiger partial charge >= 0.3 is 0 Å². The predicted molar refractivity (Wildman–Crippen MR) is 95.9 cm³/mol. The van der Waals surface area contributed by atoms with E-state index >= 15 is 0 Å². The molecule has 0 fully saturated rings. The van der Waals surface area contributed by atoms with Crippen LogP contribution in [0.5, 0.6) is 5.75 Å². The van der Waals surface area contributed by atoms with Gasteiger partial charge in [0.25, 0.3) is 5.91 Å². The van der Waals surface area contributed by atoms with Gasteiger partial charge < -0.3 is 15.8 Å². The Labute approximate surface area is 143 Å². The first-order valence-corrected chi connectivity index (χ1v) is 7.66. The second-order valence-corrected chi connectivity index (χ2v) is 5.47. The van der Waals surface area contributed by atoms with E-state index in [1.165, 1.54) is 4.52 Å². The number of fused-ring (bicyclic) bond motifs is 3. The SMILES string of the molecule is COc1cccc2c1nc(N)n1nc(C(=O)Nc3ccccc3)cc21. The fraction of sp³-hybridized carbons (Fsp3) is 0.0556. The number of anilines is 2. The van der Waals surface area contributed by atoms with Crippen molar-refractivity contribution in [2.24, 2.45) is 0 Å². The van der Waals surface area contributed by atoms with Crippen molar-refractivity contribution in [1.82, 2.24) is 14.6 Å². The molecule has 4 rings (SSSR count). The number of nitrogen functional groups attached to an aromatic ring is 1. The number of hydrogen-bond acceptors (Lipinski definition) is 5. The number of rotatable bonds is 3. The van der Waals surface area contributed by atoms with Gasteiger partial charge in [0.15, 0.2) is 5.69 Å². The zero-order valence-electron chi connectivity index (χ0n) is 13.4. The fourth-order valence-corrected chi connectivity index (χ4v) is 2.75. The van der Waals surface area contributed by atoms with Crippen molar-refractivity contribution in [3.63, 3.8) is 0 Å². The second-order valence-electron chi connectivity index (χ2n) is 5.47. The molecule has 0 aliphatic heterocycles. The van der Waals surface area contributed by atoms with Crippen LogP contribution in [0.4, 0.5) is 11.6 Å². The molecule has 0 aliphatic carbocycles. The number of amides is 1. The monoisotopic (exact) mass is 333 g/mol. The van der Waals surface area contributed by atoms with Crippen LogP contribution in [0.15, 0.2) is 54.6 Å². The molecule has 3 N–H and O–H groups in total. The maximum absolute atomic E-state index is 12.5. The molecule has 0 aliphatic rings. The molecule has 0 radical (unpaired) electrons. The van der Waals surface area contributed by atoms with E-state index < -0.39 is 0 Å². The lowest BCUT2D eigenvalue weighted by Crippen LogP contribution is -2.13. The number of hydrogen-bond donors (Lipinski definition) is 2. The number of carbonyl (C=O) groups is 1. The molecular formula is C18H15N5O2. The van der Waals surface area contributed by atoms with Crippen LogP contribution in [0.3, 0.4) is 0 Å². The Hall–Kier alpha value is -3.61. The van der Waals surface area contributed by atoms with Gasteiger partial charge in [-0.1, -0.05) is 30.3 Å². The molecule has 124 valence electrons. The minimum absolute atomic E-state index is 0.186. The van der Waals surface area contributed by atoms with Crippen LogP contribution < -0.4 is 15.8 Å². The van der Waals surface area contributed by atoms with Gasteiger partial charge in [-0.3, -0.25) is 4.79 Å². The number of carbonyl (C=O) groups excluding carboxylic acids is 1. The summed E-state index contributed by atoms with van der Waals surface area (Å²) in [7, 11) is 1.58. The van der Waals surface area contributed by atoms with E-state index in [0.29, 0.717) is 22.5 Å². The molecule has 0 unspecified atom stereocenters. The van der Waals surface area contributed by atoms with Crippen molar-refractivity contribution in [1.29, 1.82) is 0 Å². The maximum atomic E-state index is 12.5. The Morgan fingerprint density at radius 2 is 1.96 bits per heavy atom. The summed E-state index contributed by atoms with van der Waals surface area (Å²) >= 11 is 0. The molecule has 0 spiro atoms. The molecule has 2 aromatic heterocycles. The first kappa shape index (κ1) is 14.9. The highest BCUT2D eigenvalue weighted by Gasteiger charge is 2.16. The Morgan fingerprint density at radius 3 is 2.72 bits per heavy atom. The Morgan fingerprint density at radius 1 is 1.16 bits per heavy atom. The third-order valence-corrected chi connectivity index (χ3v) is 3.91. The minimum Gasteiger partial charge on any atom is -0.494 e. The van der Waals surface area contributed by atoms with E-state index in [2.05, 4.69) is 15.4 Å². The van der Waals surface area contributed by atoms with Crippen molar-refractivity contribution in [2.75, 3.05) is 18.2 Å². The van der Waals surface area contributed by atoms with Gasteiger partial charge in [0, 0.05) is 11.1 Å². The first-order valence-electron chi connectivity index (χ1n) is 7.66. The number of nitrogens with two attached hydrogens (primary N) is 1. The molecule has 0 atom stereocenters. The smallest absolute Gasteiger partial charge is 0.276 e. The zero-order valence-corrected chi connectivity index (χ0v) is 13.4. The maximum Gasteiger partial charge on any atom is 0.276 e. The van der Waals surface area contributed by atoms with Crippen molar-refractivity contribution >= 4 is 34.0 Å². The van der Waals surface area contributed by atoms with Gasteiger partial charge in [-0.15, -0.1) is 0 Å². The highest BCUT2D eigenvalue weighted by molar-refractivity contribution is 6.06. The van der Waals surface area contributed by atoms with E-state index in [4.69, 9.17) is 10.5 Å². The highest BCUT2D eigenvalue weighted by atomic mass is 16.5. The summed E-state index contributed by atoms with van der Waals surface area (Å²) in [6.45, 7) is 0. The third kappa shape index (κ3) is 2.51. The first-order chi connectivity index (χ1) is 12.2. The molecule has 0 bridgehead atoms. The molecule has 1 amide bonds. The van der Waals surface area contributed by atoms with Crippen molar-refractivity contribution < 1.29 is 9.53 Å². The van der Waals surface area contributed by atoms with E-state index in [0.717, 1.165) is 5.39 Å². The molecule has 2 heterocycles. The van der Waals surface area contributed by atoms with Crippen LogP contribution in [0.2, 0.25) is 0 Å². The average Bonchev–Trinajstić information content (AvgIpc) is 3.09. The van der Waals surface area contributed by atoms with Gasteiger partial charge in [0.1, 0.15) is 11.3 Å². The highest BCUT2D eigenvalue weighted by Crippen LogP contribution is 2.28. The normalized spacial score (nSPS) is 10.9. The van der Waals surface area contributed by atoms with Gasteiger partial charge in [-0.05, 0) is 24.3 Å². The summed E-state index contributed by atoms with van der Waals surface area (Å²) in [6, 6.07) is 16.4. The third-order valence-electron chi connectivity index (χ3n) is 3.91.